The van der Waals surface area contributed by atoms with Gasteiger partial charge < -0.3 is 4.90 Å². The Kier molecular flexibility index (Phi) is 4.41. The lowest BCUT2D eigenvalue weighted by atomic mass is 10.1. The van der Waals surface area contributed by atoms with Crippen LogP contribution < -0.4 is 0 Å². The normalized spacial score (nSPS) is 15.7. The van der Waals surface area contributed by atoms with Crippen molar-refractivity contribution in [1.82, 2.24) is 4.90 Å². The summed E-state index contributed by atoms with van der Waals surface area (Å²) < 4.78 is 0. The van der Waals surface area contributed by atoms with Gasteiger partial charge in [-0.05, 0) is 44.7 Å². The number of rotatable bonds is 5. The highest BCUT2D eigenvalue weighted by Crippen LogP contribution is 2.31. The maximum absolute atomic E-state index is 12.2. The molecule has 1 aliphatic rings. The molecule has 19 heavy (non-hydrogen) atoms. The molecule has 0 aromatic heterocycles. The van der Waals surface area contributed by atoms with Crippen molar-refractivity contribution in [3.63, 3.8) is 0 Å². The van der Waals surface area contributed by atoms with E-state index in [9.17, 15) is 4.79 Å². The van der Waals surface area contributed by atoms with Gasteiger partial charge in [0.2, 0.25) is 5.91 Å². The number of allylic oxidation sites excluding steroid dienone is 1. The SMILES string of the molecule is CC(=CCN(C(=O)C1CC1)C(C)C)c1ccccc1. The smallest absolute Gasteiger partial charge is 0.226 e. The number of nitrogens with zero attached hydrogens (tertiary/aromatic N) is 1. The van der Waals surface area contributed by atoms with Gasteiger partial charge in [0.15, 0.2) is 0 Å². The fraction of sp³-hybridized carbons (Fsp3) is 0.471. The molecule has 1 aliphatic carbocycles. The molecule has 0 atom stereocenters. The molecule has 1 aromatic rings. The van der Waals surface area contributed by atoms with Gasteiger partial charge in [-0.25, -0.2) is 0 Å². The van der Waals surface area contributed by atoms with Crippen LogP contribution in [-0.2, 0) is 4.79 Å². The summed E-state index contributed by atoms with van der Waals surface area (Å²) >= 11 is 0. The predicted molar refractivity (Wildman–Crippen MR) is 79.7 cm³/mol. The van der Waals surface area contributed by atoms with Gasteiger partial charge in [0.05, 0.1) is 0 Å². The van der Waals surface area contributed by atoms with E-state index < -0.39 is 0 Å². The second kappa shape index (κ2) is 6.05. The van der Waals surface area contributed by atoms with E-state index in [-0.39, 0.29) is 6.04 Å². The van der Waals surface area contributed by atoms with E-state index in [2.05, 4.69) is 39.0 Å². The lowest BCUT2D eigenvalue weighted by molar-refractivity contribution is -0.133. The largest absolute Gasteiger partial charge is 0.336 e. The Bertz CT molecular complexity index is 457. The maximum Gasteiger partial charge on any atom is 0.226 e. The van der Waals surface area contributed by atoms with Crippen LogP contribution in [0.1, 0.15) is 39.2 Å². The standard InChI is InChI=1S/C17H23NO/c1-13(2)18(17(19)16-9-10-16)12-11-14(3)15-7-5-4-6-8-15/h4-8,11,13,16H,9-10,12H2,1-3H3. The molecule has 2 nitrogen and oxygen atoms in total. The minimum absolute atomic E-state index is 0.271. The lowest BCUT2D eigenvalue weighted by Gasteiger charge is -2.26. The summed E-state index contributed by atoms with van der Waals surface area (Å²) in [4.78, 5) is 14.2. The first-order valence-electron chi connectivity index (χ1n) is 7.12. The molecule has 0 unspecified atom stereocenters. The van der Waals surface area contributed by atoms with E-state index in [0.717, 1.165) is 12.8 Å². The summed E-state index contributed by atoms with van der Waals surface area (Å²) in [5, 5.41) is 0. The van der Waals surface area contributed by atoms with E-state index in [1.807, 2.05) is 23.1 Å². The van der Waals surface area contributed by atoms with Crippen molar-refractivity contribution in [1.29, 1.82) is 0 Å². The average Bonchev–Trinajstić information content (AvgIpc) is 3.23. The lowest BCUT2D eigenvalue weighted by Crippen LogP contribution is -2.38. The third kappa shape index (κ3) is 3.69. The van der Waals surface area contributed by atoms with E-state index in [1.165, 1.54) is 11.1 Å². The zero-order valence-electron chi connectivity index (χ0n) is 12.1. The van der Waals surface area contributed by atoms with E-state index in [0.29, 0.717) is 18.4 Å². The zero-order valence-corrected chi connectivity index (χ0v) is 12.1. The molecular formula is C17H23NO. The highest BCUT2D eigenvalue weighted by Gasteiger charge is 2.33. The fourth-order valence-electron chi connectivity index (χ4n) is 2.17. The molecule has 2 heteroatoms. The van der Waals surface area contributed by atoms with E-state index in [4.69, 9.17) is 0 Å². The first-order valence-corrected chi connectivity index (χ1v) is 7.12. The van der Waals surface area contributed by atoms with E-state index in [1.54, 1.807) is 0 Å². The summed E-state index contributed by atoms with van der Waals surface area (Å²) in [7, 11) is 0. The Balaban J connectivity index is 2.03. The summed E-state index contributed by atoms with van der Waals surface area (Å²) in [6.07, 6.45) is 4.31. The Morgan fingerprint density at radius 1 is 1.32 bits per heavy atom. The van der Waals surface area contributed by atoms with Crippen molar-refractivity contribution in [3.05, 3.63) is 42.0 Å². The Morgan fingerprint density at radius 2 is 1.95 bits per heavy atom. The van der Waals surface area contributed by atoms with Crippen molar-refractivity contribution in [3.8, 4) is 0 Å². The molecule has 0 radical (unpaired) electrons. The van der Waals surface area contributed by atoms with Crippen molar-refractivity contribution in [2.24, 2.45) is 5.92 Å². The van der Waals surface area contributed by atoms with Gasteiger partial charge in [0.1, 0.15) is 0 Å². The Labute approximate surface area is 116 Å². The van der Waals surface area contributed by atoms with Gasteiger partial charge >= 0.3 is 0 Å². The Hall–Kier alpha value is -1.57. The van der Waals surface area contributed by atoms with Crippen LogP contribution in [0.25, 0.3) is 5.57 Å². The van der Waals surface area contributed by atoms with Gasteiger partial charge in [-0.3, -0.25) is 4.79 Å². The highest BCUT2D eigenvalue weighted by atomic mass is 16.2. The monoisotopic (exact) mass is 257 g/mol. The Morgan fingerprint density at radius 3 is 2.47 bits per heavy atom. The maximum atomic E-state index is 12.2. The van der Waals surface area contributed by atoms with Gasteiger partial charge in [-0.2, -0.15) is 0 Å². The molecule has 2 rings (SSSR count). The van der Waals surface area contributed by atoms with Crippen molar-refractivity contribution < 1.29 is 4.79 Å². The van der Waals surface area contributed by atoms with E-state index >= 15 is 0 Å². The third-order valence-electron chi connectivity index (χ3n) is 3.66. The molecule has 0 bridgehead atoms. The second-order valence-electron chi connectivity index (χ2n) is 5.61. The minimum Gasteiger partial charge on any atom is -0.336 e. The third-order valence-corrected chi connectivity index (χ3v) is 3.66. The van der Waals surface area contributed by atoms with Crippen LogP contribution in [0.3, 0.4) is 0 Å². The van der Waals surface area contributed by atoms with Crippen LogP contribution in [0.4, 0.5) is 0 Å². The average molecular weight is 257 g/mol. The molecule has 0 aliphatic heterocycles. The quantitative estimate of drug-likeness (QED) is 0.787. The van der Waals surface area contributed by atoms with Crippen molar-refractivity contribution in [2.45, 2.75) is 39.7 Å². The van der Waals surface area contributed by atoms with Crippen LogP contribution in [0, 0.1) is 5.92 Å². The van der Waals surface area contributed by atoms with Crippen molar-refractivity contribution >= 4 is 11.5 Å². The molecule has 0 N–H and O–H groups in total. The van der Waals surface area contributed by atoms with Crippen LogP contribution in [-0.4, -0.2) is 23.4 Å². The second-order valence-corrected chi connectivity index (χ2v) is 5.61. The van der Waals surface area contributed by atoms with Gasteiger partial charge in [-0.15, -0.1) is 0 Å². The van der Waals surface area contributed by atoms with Gasteiger partial charge in [0, 0.05) is 18.5 Å². The van der Waals surface area contributed by atoms with Crippen molar-refractivity contribution in [2.75, 3.05) is 6.54 Å². The molecular weight excluding hydrogens is 234 g/mol. The first-order chi connectivity index (χ1) is 9.09. The van der Waals surface area contributed by atoms with Crippen LogP contribution >= 0.6 is 0 Å². The van der Waals surface area contributed by atoms with Gasteiger partial charge in [-0.1, -0.05) is 36.4 Å². The number of hydrogen-bond donors (Lipinski definition) is 0. The van der Waals surface area contributed by atoms with Gasteiger partial charge in [0.25, 0.3) is 0 Å². The number of benzene rings is 1. The predicted octanol–water partition coefficient (Wildman–Crippen LogP) is 3.74. The van der Waals surface area contributed by atoms with Crippen LogP contribution in [0.5, 0.6) is 0 Å². The molecule has 0 saturated heterocycles. The molecule has 0 spiro atoms. The molecule has 102 valence electrons. The summed E-state index contributed by atoms with van der Waals surface area (Å²) in [6.45, 7) is 7.00. The summed E-state index contributed by atoms with van der Waals surface area (Å²) in [5.41, 5.74) is 2.46. The number of carbonyl (C=O) groups is 1. The fourth-order valence-corrected chi connectivity index (χ4v) is 2.17. The summed E-state index contributed by atoms with van der Waals surface area (Å²) in [5.74, 6) is 0.625. The summed E-state index contributed by atoms with van der Waals surface area (Å²) in [6, 6.07) is 10.6. The molecule has 1 saturated carbocycles. The number of amides is 1. The molecule has 1 amide bonds. The topological polar surface area (TPSA) is 20.3 Å². The van der Waals surface area contributed by atoms with Crippen LogP contribution in [0.15, 0.2) is 36.4 Å². The number of carbonyl (C=O) groups excluding carboxylic acids is 1. The highest BCUT2D eigenvalue weighted by molar-refractivity contribution is 5.81. The van der Waals surface area contributed by atoms with Crippen LogP contribution in [0.2, 0.25) is 0 Å². The zero-order chi connectivity index (χ0) is 13.8. The number of hydrogen-bond acceptors (Lipinski definition) is 1. The molecule has 1 fully saturated rings. The first kappa shape index (κ1) is 13.9. The molecule has 1 aromatic carbocycles. The minimum atomic E-state index is 0.271. The molecule has 0 heterocycles.